The fourth-order valence-electron chi connectivity index (χ4n) is 1.10. The second kappa shape index (κ2) is 7.19. The van der Waals surface area contributed by atoms with Gasteiger partial charge in [-0.1, -0.05) is 6.08 Å². The van der Waals surface area contributed by atoms with E-state index in [-0.39, 0.29) is 13.2 Å². The Labute approximate surface area is 109 Å². The molecule has 0 aromatic heterocycles. The summed E-state index contributed by atoms with van der Waals surface area (Å²) >= 11 is 0. The van der Waals surface area contributed by atoms with Crippen LogP contribution < -0.4 is 0 Å². The molecule has 0 bridgehead atoms. The largest absolute Gasteiger partial charge is 0.481 e. The summed E-state index contributed by atoms with van der Waals surface area (Å²) in [5.74, 6) is -3.88. The van der Waals surface area contributed by atoms with Crippen LogP contribution in [-0.2, 0) is 29.2 Å². The summed E-state index contributed by atoms with van der Waals surface area (Å²) in [6.45, 7) is 2.73. The van der Waals surface area contributed by atoms with Crippen LogP contribution in [0.5, 0.6) is 0 Å². The first kappa shape index (κ1) is 17.5. The van der Waals surface area contributed by atoms with Crippen molar-refractivity contribution < 1.29 is 42.2 Å². The van der Waals surface area contributed by atoms with Crippen LogP contribution in [0.1, 0.15) is 6.42 Å². The molecule has 0 heterocycles. The Morgan fingerprint density at radius 3 is 2.21 bits per heavy atom. The molecule has 0 aliphatic carbocycles. The van der Waals surface area contributed by atoms with Gasteiger partial charge in [0.1, 0.15) is 6.42 Å². The van der Waals surface area contributed by atoms with Gasteiger partial charge in [-0.25, -0.2) is 4.79 Å². The number of carboxylic acid groups (broad SMARTS) is 2. The first-order chi connectivity index (χ1) is 8.67. The van der Waals surface area contributed by atoms with Crippen molar-refractivity contribution in [2.75, 3.05) is 19.8 Å². The van der Waals surface area contributed by atoms with Crippen LogP contribution in [0.15, 0.2) is 12.7 Å². The highest BCUT2D eigenvalue weighted by atomic mass is 32.2. The zero-order valence-corrected chi connectivity index (χ0v) is 10.6. The lowest BCUT2D eigenvalue weighted by Gasteiger charge is -2.24. The quantitative estimate of drug-likeness (QED) is 0.272. The number of hydrogen-bond acceptors (Lipinski definition) is 6. The molecule has 0 aliphatic rings. The first-order valence-electron chi connectivity index (χ1n) is 4.92. The van der Waals surface area contributed by atoms with E-state index in [1.807, 2.05) is 0 Å². The van der Waals surface area contributed by atoms with Crippen LogP contribution in [0.3, 0.4) is 0 Å². The summed E-state index contributed by atoms with van der Waals surface area (Å²) in [5.41, 5.74) is 0. The Morgan fingerprint density at radius 2 is 1.84 bits per heavy atom. The lowest BCUT2D eigenvalue weighted by atomic mass is 10.2. The number of carboxylic acids is 2. The zero-order chi connectivity index (χ0) is 15.1. The summed E-state index contributed by atoms with van der Waals surface area (Å²) in [6.07, 6.45) is -0.0485. The van der Waals surface area contributed by atoms with E-state index in [0.717, 1.165) is 0 Å². The maximum Gasteiger partial charge on any atom is 0.355 e. The predicted molar refractivity (Wildman–Crippen MR) is 61.1 cm³/mol. The molecule has 0 radical (unpaired) electrons. The van der Waals surface area contributed by atoms with Crippen LogP contribution >= 0.6 is 0 Å². The monoisotopic (exact) mass is 298 g/mol. The molecule has 0 aliphatic heterocycles. The minimum Gasteiger partial charge on any atom is -0.481 e. The molecule has 0 fully saturated rings. The Kier molecular flexibility index (Phi) is 6.62. The normalized spacial score (nSPS) is 14.6. The van der Waals surface area contributed by atoms with Crippen molar-refractivity contribution in [3.63, 3.8) is 0 Å². The van der Waals surface area contributed by atoms with Gasteiger partial charge in [0.2, 0.25) is 0 Å². The number of hydrogen-bond donors (Lipinski definition) is 3. The second-order valence-electron chi connectivity index (χ2n) is 3.32. The van der Waals surface area contributed by atoms with Crippen molar-refractivity contribution in [3.8, 4) is 0 Å². The zero-order valence-electron chi connectivity index (χ0n) is 9.81. The van der Waals surface area contributed by atoms with Crippen molar-refractivity contribution in [2.24, 2.45) is 0 Å². The summed E-state index contributed by atoms with van der Waals surface area (Å²) in [5, 5.41) is 17.4. The number of ether oxygens (including phenoxy) is 2. The molecule has 1 atom stereocenters. The van der Waals surface area contributed by atoms with E-state index in [2.05, 4.69) is 11.3 Å². The van der Waals surface area contributed by atoms with Crippen molar-refractivity contribution in [1.29, 1.82) is 0 Å². The molecule has 110 valence electrons. The Balaban J connectivity index is 4.99. The Morgan fingerprint density at radius 1 is 1.26 bits per heavy atom. The Bertz CT molecular complexity index is 441. The van der Waals surface area contributed by atoms with Crippen LogP contribution in [0, 0.1) is 0 Å². The molecule has 0 amide bonds. The average molecular weight is 298 g/mol. The van der Waals surface area contributed by atoms with Gasteiger partial charge in [0.25, 0.3) is 0 Å². The smallest absolute Gasteiger partial charge is 0.355 e. The minimum absolute atomic E-state index is 0.119. The molecular weight excluding hydrogens is 284 g/mol. The van der Waals surface area contributed by atoms with Crippen molar-refractivity contribution in [1.82, 2.24) is 0 Å². The third-order valence-electron chi connectivity index (χ3n) is 1.93. The van der Waals surface area contributed by atoms with Crippen molar-refractivity contribution in [2.45, 2.75) is 11.4 Å². The summed E-state index contributed by atoms with van der Waals surface area (Å²) in [7, 11) is -5.29. The van der Waals surface area contributed by atoms with E-state index in [4.69, 9.17) is 19.5 Å². The molecule has 0 aromatic carbocycles. The van der Waals surface area contributed by atoms with E-state index >= 15 is 0 Å². The van der Waals surface area contributed by atoms with Gasteiger partial charge in [-0.15, -0.1) is 6.58 Å². The summed E-state index contributed by atoms with van der Waals surface area (Å²) < 4.78 is 40.4. The molecule has 1 unspecified atom stereocenters. The SMILES string of the molecule is C=CCOCCOC(CC(=O)O)(C(=O)O)S(=O)(=O)O. The fraction of sp³-hybridized carbons (Fsp3) is 0.556. The molecule has 19 heavy (non-hydrogen) atoms. The van der Waals surface area contributed by atoms with Crippen LogP contribution in [0.25, 0.3) is 0 Å². The van der Waals surface area contributed by atoms with Gasteiger partial charge in [-0.3, -0.25) is 9.35 Å². The maximum absolute atomic E-state index is 11.1. The van der Waals surface area contributed by atoms with Gasteiger partial charge < -0.3 is 19.7 Å². The molecule has 10 heteroatoms. The van der Waals surface area contributed by atoms with Gasteiger partial charge in [0.15, 0.2) is 0 Å². The lowest BCUT2D eigenvalue weighted by molar-refractivity contribution is -0.163. The molecule has 0 spiro atoms. The minimum atomic E-state index is -5.29. The predicted octanol–water partition coefficient (Wildman–Crippen LogP) is -0.651. The molecule has 9 nitrogen and oxygen atoms in total. The highest BCUT2D eigenvalue weighted by molar-refractivity contribution is 7.88. The second-order valence-corrected chi connectivity index (χ2v) is 4.93. The van der Waals surface area contributed by atoms with Gasteiger partial charge in [0, 0.05) is 0 Å². The third-order valence-corrected chi connectivity index (χ3v) is 3.20. The maximum atomic E-state index is 11.1. The molecule has 0 saturated heterocycles. The highest BCUT2D eigenvalue weighted by Crippen LogP contribution is 2.23. The van der Waals surface area contributed by atoms with Crippen molar-refractivity contribution >= 4 is 22.1 Å². The standard InChI is InChI=1S/C9H14O9S/c1-2-3-17-4-5-18-9(8(12)13,6-7(10)11)19(14,15)16/h2H,1,3-6H2,(H,10,11)(H,12,13)(H,14,15,16). The van der Waals surface area contributed by atoms with Gasteiger partial charge >= 0.3 is 27.0 Å². The van der Waals surface area contributed by atoms with E-state index in [1.54, 1.807) is 0 Å². The summed E-state index contributed by atoms with van der Waals surface area (Å²) in [6, 6.07) is 0. The fourth-order valence-corrected chi connectivity index (χ4v) is 1.85. The third kappa shape index (κ3) is 4.95. The van der Waals surface area contributed by atoms with Gasteiger partial charge in [-0.2, -0.15) is 8.42 Å². The van der Waals surface area contributed by atoms with Gasteiger partial charge in [-0.05, 0) is 0 Å². The first-order valence-corrected chi connectivity index (χ1v) is 6.36. The van der Waals surface area contributed by atoms with E-state index in [1.165, 1.54) is 6.08 Å². The number of rotatable bonds is 10. The van der Waals surface area contributed by atoms with Crippen LogP contribution in [0.2, 0.25) is 0 Å². The van der Waals surface area contributed by atoms with Crippen molar-refractivity contribution in [3.05, 3.63) is 12.7 Å². The van der Waals surface area contributed by atoms with Crippen LogP contribution in [-0.4, -0.2) is 59.9 Å². The molecular formula is C9H14O9S. The number of aliphatic carboxylic acids is 2. The highest BCUT2D eigenvalue weighted by Gasteiger charge is 2.54. The lowest BCUT2D eigenvalue weighted by Crippen LogP contribution is -2.50. The molecule has 0 aromatic rings. The van der Waals surface area contributed by atoms with Crippen LogP contribution in [0.4, 0.5) is 0 Å². The molecule has 3 N–H and O–H groups in total. The molecule has 0 saturated carbocycles. The average Bonchev–Trinajstić information content (AvgIpc) is 2.24. The molecule has 0 rings (SSSR count). The van der Waals surface area contributed by atoms with E-state index < -0.39 is 40.0 Å². The number of carbonyl (C=O) groups is 2. The van der Waals surface area contributed by atoms with Gasteiger partial charge in [0.05, 0.1) is 19.8 Å². The van der Waals surface area contributed by atoms with E-state index in [9.17, 15) is 18.0 Å². The Hall–Kier alpha value is -1.49. The van der Waals surface area contributed by atoms with E-state index in [0.29, 0.717) is 0 Å². The topological polar surface area (TPSA) is 147 Å². The summed E-state index contributed by atoms with van der Waals surface area (Å²) in [4.78, 5) is 18.2.